The number of piperazine rings is 1. The van der Waals surface area contributed by atoms with Crippen LogP contribution in [0.4, 0.5) is 5.69 Å². The van der Waals surface area contributed by atoms with Gasteiger partial charge in [-0.15, -0.1) is 0 Å². The van der Waals surface area contributed by atoms with Crippen molar-refractivity contribution < 1.29 is 4.74 Å². The minimum absolute atomic E-state index is 0.166. The third-order valence-electron chi connectivity index (χ3n) is 3.06. The number of nitrogens with two attached hydrogens (primary N) is 1. The Labute approximate surface area is 101 Å². The van der Waals surface area contributed by atoms with Crippen LogP contribution >= 0.6 is 0 Å². The quantitative estimate of drug-likeness (QED) is 0.584. The van der Waals surface area contributed by atoms with Crippen LogP contribution < -0.4 is 15.4 Å². The molecule has 2 rings (SSSR count). The maximum atomic E-state index is 7.38. The number of hydrogen-bond acceptors (Lipinski definition) is 3. The fourth-order valence-electron chi connectivity index (χ4n) is 2.00. The molecule has 5 heteroatoms. The SMILES string of the molecule is COc1ccc(N2CCN(C(=N)N)CC2)cc1. The van der Waals surface area contributed by atoms with Crippen molar-refractivity contribution in [3.8, 4) is 5.75 Å². The molecule has 1 fully saturated rings. The molecule has 0 radical (unpaired) electrons. The van der Waals surface area contributed by atoms with Gasteiger partial charge in [-0.2, -0.15) is 0 Å². The van der Waals surface area contributed by atoms with Gasteiger partial charge in [-0.25, -0.2) is 0 Å². The first-order chi connectivity index (χ1) is 8.20. The van der Waals surface area contributed by atoms with Gasteiger partial charge in [-0.3, -0.25) is 5.41 Å². The number of nitrogens with zero attached hydrogens (tertiary/aromatic N) is 2. The molecule has 0 aromatic heterocycles. The van der Waals surface area contributed by atoms with E-state index in [-0.39, 0.29) is 5.96 Å². The summed E-state index contributed by atoms with van der Waals surface area (Å²) < 4.78 is 5.13. The number of guanidine groups is 1. The van der Waals surface area contributed by atoms with Crippen LogP contribution in [0.1, 0.15) is 0 Å². The number of rotatable bonds is 2. The Hall–Kier alpha value is -1.91. The van der Waals surface area contributed by atoms with Crippen LogP contribution in [0, 0.1) is 5.41 Å². The molecule has 0 amide bonds. The zero-order valence-corrected chi connectivity index (χ0v) is 10.0. The van der Waals surface area contributed by atoms with E-state index in [1.165, 1.54) is 5.69 Å². The summed E-state index contributed by atoms with van der Waals surface area (Å²) in [5.41, 5.74) is 6.65. The van der Waals surface area contributed by atoms with Gasteiger partial charge in [0.1, 0.15) is 5.75 Å². The summed E-state index contributed by atoms with van der Waals surface area (Å²) in [6.07, 6.45) is 0. The summed E-state index contributed by atoms with van der Waals surface area (Å²) in [4.78, 5) is 4.18. The topological polar surface area (TPSA) is 65.6 Å². The van der Waals surface area contributed by atoms with E-state index in [0.717, 1.165) is 31.9 Å². The first-order valence-electron chi connectivity index (χ1n) is 5.68. The molecular formula is C12H18N4O. The average molecular weight is 234 g/mol. The summed E-state index contributed by atoms with van der Waals surface area (Å²) in [5, 5.41) is 7.38. The largest absolute Gasteiger partial charge is 0.497 e. The molecule has 0 atom stereocenters. The van der Waals surface area contributed by atoms with Crippen molar-refractivity contribution in [2.24, 2.45) is 5.73 Å². The highest BCUT2D eigenvalue weighted by atomic mass is 16.5. The lowest BCUT2D eigenvalue weighted by atomic mass is 10.2. The lowest BCUT2D eigenvalue weighted by Crippen LogP contribution is -2.50. The Morgan fingerprint density at radius 3 is 2.24 bits per heavy atom. The number of hydrogen-bond donors (Lipinski definition) is 2. The van der Waals surface area contributed by atoms with E-state index < -0.39 is 0 Å². The standard InChI is InChI=1S/C12H18N4O/c1-17-11-4-2-10(3-5-11)15-6-8-16(9-7-15)12(13)14/h2-5H,6-9H2,1H3,(H3,13,14). The zero-order chi connectivity index (χ0) is 12.3. The van der Waals surface area contributed by atoms with Gasteiger partial charge in [0.25, 0.3) is 0 Å². The maximum Gasteiger partial charge on any atom is 0.188 e. The highest BCUT2D eigenvalue weighted by Crippen LogP contribution is 2.20. The number of ether oxygens (including phenoxy) is 1. The van der Waals surface area contributed by atoms with Gasteiger partial charge in [0.2, 0.25) is 0 Å². The molecule has 1 aliphatic rings. The molecule has 1 aromatic carbocycles. The van der Waals surface area contributed by atoms with E-state index in [4.69, 9.17) is 15.9 Å². The highest BCUT2D eigenvalue weighted by Gasteiger charge is 2.17. The number of methoxy groups -OCH3 is 1. The van der Waals surface area contributed by atoms with Crippen LogP contribution in [0.2, 0.25) is 0 Å². The van der Waals surface area contributed by atoms with E-state index >= 15 is 0 Å². The Kier molecular flexibility index (Phi) is 3.37. The van der Waals surface area contributed by atoms with E-state index in [1.54, 1.807) is 7.11 Å². The molecule has 0 unspecified atom stereocenters. The second-order valence-electron chi connectivity index (χ2n) is 4.06. The van der Waals surface area contributed by atoms with Gasteiger partial charge in [0.15, 0.2) is 5.96 Å². The monoisotopic (exact) mass is 234 g/mol. The van der Waals surface area contributed by atoms with Gasteiger partial charge in [0, 0.05) is 31.9 Å². The molecule has 92 valence electrons. The predicted molar refractivity (Wildman–Crippen MR) is 68.7 cm³/mol. The summed E-state index contributed by atoms with van der Waals surface area (Å²) >= 11 is 0. The van der Waals surface area contributed by atoms with E-state index in [1.807, 2.05) is 17.0 Å². The van der Waals surface area contributed by atoms with Crippen molar-refractivity contribution in [1.29, 1.82) is 5.41 Å². The smallest absolute Gasteiger partial charge is 0.188 e. The van der Waals surface area contributed by atoms with Crippen molar-refractivity contribution in [3.05, 3.63) is 24.3 Å². The minimum Gasteiger partial charge on any atom is -0.497 e. The Morgan fingerprint density at radius 2 is 1.76 bits per heavy atom. The van der Waals surface area contributed by atoms with E-state index in [0.29, 0.717) is 0 Å². The highest BCUT2D eigenvalue weighted by molar-refractivity contribution is 5.75. The van der Waals surface area contributed by atoms with Gasteiger partial charge in [-0.05, 0) is 24.3 Å². The summed E-state index contributed by atoms with van der Waals surface area (Å²) in [5.74, 6) is 1.04. The second-order valence-corrected chi connectivity index (χ2v) is 4.06. The Bertz CT molecular complexity index is 382. The average Bonchev–Trinajstić information content (AvgIpc) is 2.39. The van der Waals surface area contributed by atoms with E-state index in [9.17, 15) is 0 Å². The number of anilines is 1. The lowest BCUT2D eigenvalue weighted by Gasteiger charge is -2.36. The van der Waals surface area contributed by atoms with Crippen molar-refractivity contribution in [2.45, 2.75) is 0 Å². The van der Waals surface area contributed by atoms with Gasteiger partial charge < -0.3 is 20.3 Å². The van der Waals surface area contributed by atoms with Crippen molar-refractivity contribution in [2.75, 3.05) is 38.2 Å². The third kappa shape index (κ3) is 2.61. The number of benzene rings is 1. The minimum atomic E-state index is 0.166. The third-order valence-corrected chi connectivity index (χ3v) is 3.06. The van der Waals surface area contributed by atoms with Crippen LogP contribution in [0.3, 0.4) is 0 Å². The number of nitrogens with one attached hydrogen (secondary N) is 1. The van der Waals surface area contributed by atoms with Crippen LogP contribution in [0.25, 0.3) is 0 Å². The van der Waals surface area contributed by atoms with Gasteiger partial charge >= 0.3 is 0 Å². The van der Waals surface area contributed by atoms with Crippen LogP contribution in [0.5, 0.6) is 5.75 Å². The first-order valence-corrected chi connectivity index (χ1v) is 5.68. The lowest BCUT2D eigenvalue weighted by molar-refractivity contribution is 0.380. The van der Waals surface area contributed by atoms with Crippen LogP contribution in [-0.2, 0) is 0 Å². The summed E-state index contributed by atoms with van der Waals surface area (Å²) in [6, 6.07) is 8.05. The molecule has 1 aromatic rings. The molecule has 1 saturated heterocycles. The zero-order valence-electron chi connectivity index (χ0n) is 10.0. The molecule has 0 aliphatic carbocycles. The molecule has 5 nitrogen and oxygen atoms in total. The molecule has 17 heavy (non-hydrogen) atoms. The summed E-state index contributed by atoms with van der Waals surface area (Å²) in [7, 11) is 1.67. The molecule has 0 spiro atoms. The van der Waals surface area contributed by atoms with E-state index in [2.05, 4.69) is 17.0 Å². The van der Waals surface area contributed by atoms with Crippen LogP contribution in [-0.4, -0.2) is 44.1 Å². The van der Waals surface area contributed by atoms with Gasteiger partial charge in [-0.1, -0.05) is 0 Å². The second kappa shape index (κ2) is 4.95. The van der Waals surface area contributed by atoms with Crippen molar-refractivity contribution >= 4 is 11.6 Å². The fraction of sp³-hybridized carbons (Fsp3) is 0.417. The van der Waals surface area contributed by atoms with Crippen molar-refractivity contribution in [3.63, 3.8) is 0 Å². The molecule has 1 aliphatic heterocycles. The molecule has 1 heterocycles. The normalized spacial score (nSPS) is 15.8. The van der Waals surface area contributed by atoms with Gasteiger partial charge in [0.05, 0.1) is 7.11 Å². The molecular weight excluding hydrogens is 216 g/mol. The Morgan fingerprint density at radius 1 is 1.18 bits per heavy atom. The van der Waals surface area contributed by atoms with Crippen molar-refractivity contribution in [1.82, 2.24) is 4.90 Å². The van der Waals surface area contributed by atoms with Crippen LogP contribution in [0.15, 0.2) is 24.3 Å². The molecule has 0 saturated carbocycles. The molecule has 3 N–H and O–H groups in total. The Balaban J connectivity index is 1.97. The molecule has 0 bridgehead atoms. The summed E-state index contributed by atoms with van der Waals surface area (Å²) in [6.45, 7) is 3.40. The predicted octanol–water partition coefficient (Wildman–Crippen LogP) is 0.711. The maximum absolute atomic E-state index is 7.38. The first kappa shape index (κ1) is 11.6. The fourth-order valence-corrected chi connectivity index (χ4v) is 2.00.